The quantitative estimate of drug-likeness (QED) is 0.775. The van der Waals surface area contributed by atoms with Crippen molar-refractivity contribution in [2.24, 2.45) is 11.8 Å². The summed E-state index contributed by atoms with van der Waals surface area (Å²) in [6.07, 6.45) is 0.886. The summed E-state index contributed by atoms with van der Waals surface area (Å²) >= 11 is 0. The van der Waals surface area contributed by atoms with Crippen LogP contribution in [-0.2, 0) is 13.0 Å². The van der Waals surface area contributed by atoms with Crippen LogP contribution in [0, 0.1) is 11.8 Å². The maximum Gasteiger partial charge on any atom is 0.251 e. The lowest BCUT2D eigenvalue weighted by Crippen LogP contribution is -2.34. The Kier molecular flexibility index (Phi) is 6.90. The SMILES string of the molecule is COc1ccc(C(=O)NC(c2nnc3n2CCN(CC(C)C)CC3)C(C)C)cc1. The van der Waals surface area contributed by atoms with Crippen LogP contribution in [0.25, 0.3) is 0 Å². The third-order valence-electron chi connectivity index (χ3n) is 5.35. The number of amides is 1. The molecule has 0 radical (unpaired) electrons. The molecule has 7 nitrogen and oxygen atoms in total. The molecule has 0 aliphatic carbocycles. The average molecular weight is 400 g/mol. The third-order valence-corrected chi connectivity index (χ3v) is 5.35. The molecule has 158 valence electrons. The van der Waals surface area contributed by atoms with E-state index in [9.17, 15) is 4.79 Å². The van der Waals surface area contributed by atoms with E-state index in [1.807, 2.05) is 0 Å². The molecule has 1 aromatic carbocycles. The summed E-state index contributed by atoms with van der Waals surface area (Å²) in [6, 6.07) is 6.96. The fourth-order valence-corrected chi connectivity index (χ4v) is 3.81. The van der Waals surface area contributed by atoms with Gasteiger partial charge >= 0.3 is 0 Å². The fraction of sp³-hybridized carbons (Fsp3) is 0.591. The summed E-state index contributed by atoms with van der Waals surface area (Å²) in [7, 11) is 1.61. The largest absolute Gasteiger partial charge is 0.497 e. The van der Waals surface area contributed by atoms with Crippen molar-refractivity contribution >= 4 is 5.91 Å². The zero-order valence-electron chi connectivity index (χ0n) is 18.2. The van der Waals surface area contributed by atoms with Crippen LogP contribution in [0.1, 0.15) is 55.7 Å². The number of carbonyl (C=O) groups excluding carboxylic acids is 1. The fourth-order valence-electron chi connectivity index (χ4n) is 3.81. The van der Waals surface area contributed by atoms with Gasteiger partial charge in [-0.2, -0.15) is 0 Å². The van der Waals surface area contributed by atoms with Crippen molar-refractivity contribution in [2.75, 3.05) is 26.7 Å². The minimum atomic E-state index is -0.192. The number of benzene rings is 1. The van der Waals surface area contributed by atoms with Gasteiger partial charge in [-0.3, -0.25) is 4.79 Å². The van der Waals surface area contributed by atoms with Crippen LogP contribution in [0.4, 0.5) is 0 Å². The maximum atomic E-state index is 12.8. The number of methoxy groups -OCH3 is 1. The molecular weight excluding hydrogens is 366 g/mol. The molecule has 29 heavy (non-hydrogen) atoms. The number of hydrogen-bond acceptors (Lipinski definition) is 5. The summed E-state index contributed by atoms with van der Waals surface area (Å²) in [6.45, 7) is 12.6. The number of rotatable bonds is 7. The molecule has 1 unspecified atom stereocenters. The first kappa shape index (κ1) is 21.3. The Morgan fingerprint density at radius 2 is 1.83 bits per heavy atom. The zero-order chi connectivity index (χ0) is 21.0. The molecular formula is C22H33N5O2. The second-order valence-corrected chi connectivity index (χ2v) is 8.49. The number of aromatic nitrogens is 3. The van der Waals surface area contributed by atoms with Gasteiger partial charge in [-0.05, 0) is 36.1 Å². The molecule has 7 heteroatoms. The second kappa shape index (κ2) is 9.39. The van der Waals surface area contributed by atoms with Crippen LogP contribution >= 0.6 is 0 Å². The molecule has 1 amide bonds. The summed E-state index contributed by atoms with van der Waals surface area (Å²) in [5.74, 6) is 3.32. The van der Waals surface area contributed by atoms with Crippen molar-refractivity contribution in [1.82, 2.24) is 25.0 Å². The summed E-state index contributed by atoms with van der Waals surface area (Å²) in [4.78, 5) is 15.3. The standard InChI is InChI=1S/C22H33N5O2/c1-15(2)14-26-11-10-19-24-25-21(27(19)13-12-26)20(16(3)4)23-22(28)17-6-8-18(29-5)9-7-17/h6-9,15-16,20H,10-14H2,1-5H3,(H,23,28). The molecule has 0 fully saturated rings. The van der Waals surface area contributed by atoms with Crippen LogP contribution in [-0.4, -0.2) is 52.3 Å². The van der Waals surface area contributed by atoms with E-state index in [2.05, 4.69) is 52.7 Å². The maximum absolute atomic E-state index is 12.8. The first-order valence-electron chi connectivity index (χ1n) is 10.5. The highest BCUT2D eigenvalue weighted by Gasteiger charge is 2.27. The Hall–Kier alpha value is -2.41. The molecule has 2 heterocycles. The van der Waals surface area contributed by atoms with Gasteiger partial charge in [0, 0.05) is 38.2 Å². The van der Waals surface area contributed by atoms with Crippen molar-refractivity contribution in [3.8, 4) is 5.75 Å². The van der Waals surface area contributed by atoms with Gasteiger partial charge in [0.15, 0.2) is 5.82 Å². The Labute approximate surface area is 173 Å². The van der Waals surface area contributed by atoms with Crippen molar-refractivity contribution in [2.45, 2.75) is 46.7 Å². The zero-order valence-corrected chi connectivity index (χ0v) is 18.2. The van der Waals surface area contributed by atoms with Gasteiger partial charge in [0.2, 0.25) is 0 Å². The third kappa shape index (κ3) is 5.15. The highest BCUT2D eigenvalue weighted by atomic mass is 16.5. The van der Waals surface area contributed by atoms with E-state index in [1.165, 1.54) is 0 Å². The van der Waals surface area contributed by atoms with E-state index in [0.29, 0.717) is 11.5 Å². The van der Waals surface area contributed by atoms with Crippen LogP contribution < -0.4 is 10.1 Å². The second-order valence-electron chi connectivity index (χ2n) is 8.49. The van der Waals surface area contributed by atoms with Crippen molar-refractivity contribution in [3.63, 3.8) is 0 Å². The number of fused-ring (bicyclic) bond motifs is 1. The van der Waals surface area contributed by atoms with Gasteiger partial charge < -0.3 is 19.5 Å². The summed E-state index contributed by atoms with van der Waals surface area (Å²) < 4.78 is 7.38. The van der Waals surface area contributed by atoms with Gasteiger partial charge in [0.1, 0.15) is 11.6 Å². The number of nitrogens with zero attached hydrogens (tertiary/aromatic N) is 4. The molecule has 0 saturated carbocycles. The van der Waals surface area contributed by atoms with E-state index >= 15 is 0 Å². The molecule has 0 saturated heterocycles. The van der Waals surface area contributed by atoms with Gasteiger partial charge in [-0.1, -0.05) is 27.7 Å². The Morgan fingerprint density at radius 3 is 2.45 bits per heavy atom. The Morgan fingerprint density at radius 1 is 1.10 bits per heavy atom. The summed E-state index contributed by atoms with van der Waals surface area (Å²) in [5.41, 5.74) is 0.607. The van der Waals surface area contributed by atoms with Crippen LogP contribution in [0.2, 0.25) is 0 Å². The minimum Gasteiger partial charge on any atom is -0.497 e. The summed E-state index contributed by atoms with van der Waals surface area (Å²) in [5, 5.41) is 12.1. The highest BCUT2D eigenvalue weighted by Crippen LogP contribution is 2.23. The van der Waals surface area contributed by atoms with Crippen molar-refractivity contribution < 1.29 is 9.53 Å². The van der Waals surface area contributed by atoms with Crippen molar-refractivity contribution in [1.29, 1.82) is 0 Å². The topological polar surface area (TPSA) is 72.3 Å². The number of carbonyl (C=O) groups is 1. The van der Waals surface area contributed by atoms with E-state index < -0.39 is 0 Å². The molecule has 1 atom stereocenters. The predicted octanol–water partition coefficient (Wildman–Crippen LogP) is 2.93. The lowest BCUT2D eigenvalue weighted by Gasteiger charge is -2.24. The monoisotopic (exact) mass is 399 g/mol. The molecule has 1 aliphatic heterocycles. The van der Waals surface area contributed by atoms with Crippen molar-refractivity contribution in [3.05, 3.63) is 41.5 Å². The smallest absolute Gasteiger partial charge is 0.251 e. The van der Waals surface area contributed by atoms with Crippen LogP contribution in [0.3, 0.4) is 0 Å². The van der Waals surface area contributed by atoms with E-state index in [0.717, 1.165) is 50.0 Å². The normalized spacial score (nSPS) is 15.8. The molecule has 1 aromatic heterocycles. The first-order valence-corrected chi connectivity index (χ1v) is 10.5. The molecule has 3 rings (SSSR count). The highest BCUT2D eigenvalue weighted by molar-refractivity contribution is 5.94. The van der Waals surface area contributed by atoms with E-state index in [1.54, 1.807) is 31.4 Å². The Balaban J connectivity index is 1.77. The Bertz CT molecular complexity index is 813. The van der Waals surface area contributed by atoms with Crippen LogP contribution in [0.15, 0.2) is 24.3 Å². The minimum absolute atomic E-state index is 0.112. The average Bonchev–Trinajstić information content (AvgIpc) is 2.99. The number of ether oxygens (including phenoxy) is 1. The van der Waals surface area contributed by atoms with Gasteiger partial charge in [-0.15, -0.1) is 10.2 Å². The van der Waals surface area contributed by atoms with E-state index in [-0.39, 0.29) is 17.9 Å². The van der Waals surface area contributed by atoms with E-state index in [4.69, 9.17) is 4.74 Å². The molecule has 1 N–H and O–H groups in total. The molecule has 2 aromatic rings. The number of nitrogens with one attached hydrogen (secondary N) is 1. The number of hydrogen-bond donors (Lipinski definition) is 1. The molecule has 0 spiro atoms. The predicted molar refractivity (Wildman–Crippen MR) is 113 cm³/mol. The molecule has 1 aliphatic rings. The van der Waals surface area contributed by atoms with Crippen LogP contribution in [0.5, 0.6) is 5.75 Å². The van der Waals surface area contributed by atoms with Gasteiger partial charge in [0.25, 0.3) is 5.91 Å². The molecule has 0 bridgehead atoms. The van der Waals surface area contributed by atoms with Gasteiger partial charge in [0.05, 0.1) is 13.2 Å². The van der Waals surface area contributed by atoms with Gasteiger partial charge in [-0.25, -0.2) is 0 Å². The first-order chi connectivity index (χ1) is 13.9. The lowest BCUT2D eigenvalue weighted by atomic mass is 10.0. The lowest BCUT2D eigenvalue weighted by molar-refractivity contribution is 0.0921.